The Bertz CT molecular complexity index is 246. The average molecular weight is 205 g/mol. The van der Waals surface area contributed by atoms with Crippen molar-refractivity contribution in [2.45, 2.75) is 44.9 Å². The van der Waals surface area contributed by atoms with Crippen molar-refractivity contribution >= 4 is 0 Å². The summed E-state index contributed by atoms with van der Waals surface area (Å²) >= 11 is 0. The van der Waals surface area contributed by atoms with Crippen molar-refractivity contribution in [2.75, 3.05) is 13.1 Å². The molecule has 15 heavy (non-hydrogen) atoms. The first-order valence-electron chi connectivity index (χ1n) is 6.82. The van der Waals surface area contributed by atoms with Gasteiger partial charge in [-0.15, -0.1) is 0 Å². The topological polar surface area (TPSA) is 12.0 Å². The zero-order valence-electron chi connectivity index (χ0n) is 9.67. The molecule has 1 saturated heterocycles. The van der Waals surface area contributed by atoms with Gasteiger partial charge in [-0.2, -0.15) is 0 Å². The van der Waals surface area contributed by atoms with E-state index in [0.29, 0.717) is 0 Å². The second kappa shape index (κ2) is 4.29. The van der Waals surface area contributed by atoms with Crippen LogP contribution in [0.1, 0.15) is 44.9 Å². The molecule has 84 valence electrons. The molecule has 0 radical (unpaired) electrons. The van der Waals surface area contributed by atoms with Gasteiger partial charge in [0.25, 0.3) is 0 Å². The third kappa shape index (κ3) is 2.13. The molecule has 2 saturated carbocycles. The van der Waals surface area contributed by atoms with Gasteiger partial charge in [-0.3, -0.25) is 0 Å². The molecule has 2 bridgehead atoms. The molecule has 2 aliphatic carbocycles. The Kier molecular flexibility index (Phi) is 2.83. The Balaban J connectivity index is 1.64. The van der Waals surface area contributed by atoms with Crippen LogP contribution < -0.4 is 5.32 Å². The Morgan fingerprint density at radius 3 is 2.87 bits per heavy atom. The number of rotatable bonds is 1. The van der Waals surface area contributed by atoms with E-state index in [4.69, 9.17) is 0 Å². The van der Waals surface area contributed by atoms with Crippen LogP contribution in [0, 0.1) is 17.8 Å². The van der Waals surface area contributed by atoms with Gasteiger partial charge in [0, 0.05) is 0 Å². The highest BCUT2D eigenvalue weighted by atomic mass is 14.8. The molecule has 3 atom stereocenters. The SMILES string of the molecule is C(=C1\CCCNCC1)/C1CC2CCC1C2. The van der Waals surface area contributed by atoms with Crippen LogP contribution in [0.3, 0.4) is 0 Å². The van der Waals surface area contributed by atoms with Gasteiger partial charge < -0.3 is 5.32 Å². The molecule has 3 unspecified atom stereocenters. The predicted octanol–water partition coefficient (Wildman–Crippen LogP) is 3.12. The van der Waals surface area contributed by atoms with Crippen LogP contribution in [0.15, 0.2) is 11.6 Å². The van der Waals surface area contributed by atoms with E-state index in [1.165, 1.54) is 51.6 Å². The monoisotopic (exact) mass is 205 g/mol. The number of nitrogens with one attached hydrogen (secondary N) is 1. The molecule has 1 nitrogen and oxygen atoms in total. The molecule has 1 heterocycles. The van der Waals surface area contributed by atoms with Gasteiger partial charge in [0.15, 0.2) is 0 Å². The number of hydrogen-bond acceptors (Lipinski definition) is 1. The van der Waals surface area contributed by atoms with Gasteiger partial charge in [-0.25, -0.2) is 0 Å². The van der Waals surface area contributed by atoms with Gasteiger partial charge in [0.1, 0.15) is 0 Å². The molecule has 0 spiro atoms. The zero-order valence-corrected chi connectivity index (χ0v) is 9.67. The summed E-state index contributed by atoms with van der Waals surface area (Å²) in [6.45, 7) is 2.45. The number of hydrogen-bond donors (Lipinski definition) is 1. The summed E-state index contributed by atoms with van der Waals surface area (Å²) in [5.74, 6) is 3.14. The molecular formula is C14H23N. The van der Waals surface area contributed by atoms with Crippen molar-refractivity contribution in [3.63, 3.8) is 0 Å². The number of fused-ring (bicyclic) bond motifs is 2. The van der Waals surface area contributed by atoms with E-state index in [1.54, 1.807) is 12.0 Å². The van der Waals surface area contributed by atoms with E-state index >= 15 is 0 Å². The standard InChI is InChI=1S/C14H23N/c1-2-11(5-7-15-6-1)8-14-10-12-3-4-13(14)9-12/h8,12-15H,1-7,9-10H2/b11-8-. The van der Waals surface area contributed by atoms with Crippen LogP contribution in [0.5, 0.6) is 0 Å². The van der Waals surface area contributed by atoms with Crippen molar-refractivity contribution in [1.29, 1.82) is 0 Å². The second-order valence-corrected chi connectivity index (χ2v) is 5.77. The van der Waals surface area contributed by atoms with E-state index in [-0.39, 0.29) is 0 Å². The highest BCUT2D eigenvalue weighted by Crippen LogP contribution is 2.49. The van der Waals surface area contributed by atoms with Crippen molar-refractivity contribution in [3.8, 4) is 0 Å². The zero-order chi connectivity index (χ0) is 10.1. The van der Waals surface area contributed by atoms with Gasteiger partial charge in [0.2, 0.25) is 0 Å². The molecule has 0 aromatic rings. The summed E-state index contributed by atoms with van der Waals surface area (Å²) in [5.41, 5.74) is 1.76. The van der Waals surface area contributed by atoms with Crippen molar-refractivity contribution in [2.24, 2.45) is 17.8 Å². The maximum atomic E-state index is 3.50. The maximum absolute atomic E-state index is 3.50. The number of allylic oxidation sites excluding steroid dienone is 1. The molecule has 3 rings (SSSR count). The van der Waals surface area contributed by atoms with E-state index in [0.717, 1.165) is 17.8 Å². The molecule has 3 aliphatic rings. The Morgan fingerprint density at radius 1 is 1.07 bits per heavy atom. The highest BCUT2D eigenvalue weighted by molar-refractivity contribution is 5.10. The highest BCUT2D eigenvalue weighted by Gasteiger charge is 2.38. The van der Waals surface area contributed by atoms with Crippen LogP contribution in [0.4, 0.5) is 0 Å². The quantitative estimate of drug-likeness (QED) is 0.649. The van der Waals surface area contributed by atoms with E-state index in [2.05, 4.69) is 11.4 Å². The van der Waals surface area contributed by atoms with Gasteiger partial charge in [-0.1, -0.05) is 18.1 Å². The predicted molar refractivity (Wildman–Crippen MR) is 63.7 cm³/mol. The van der Waals surface area contributed by atoms with Crippen LogP contribution >= 0.6 is 0 Å². The second-order valence-electron chi connectivity index (χ2n) is 5.77. The molecule has 0 amide bonds. The molecule has 1 N–H and O–H groups in total. The lowest BCUT2D eigenvalue weighted by Gasteiger charge is -2.19. The van der Waals surface area contributed by atoms with E-state index < -0.39 is 0 Å². The first-order chi connectivity index (χ1) is 7.42. The molecular weight excluding hydrogens is 182 g/mol. The van der Waals surface area contributed by atoms with Crippen molar-refractivity contribution < 1.29 is 0 Å². The van der Waals surface area contributed by atoms with Crippen LogP contribution in [0.2, 0.25) is 0 Å². The Labute approximate surface area is 93.3 Å². The summed E-state index contributed by atoms with van der Waals surface area (Å²) in [6.07, 6.45) is 12.8. The molecule has 0 aromatic carbocycles. The fraction of sp³-hybridized carbons (Fsp3) is 0.857. The molecule has 1 aliphatic heterocycles. The molecule has 1 heteroatoms. The Hall–Kier alpha value is -0.300. The Morgan fingerprint density at radius 2 is 2.07 bits per heavy atom. The average Bonchev–Trinajstić information content (AvgIpc) is 2.75. The summed E-state index contributed by atoms with van der Waals surface area (Å²) in [7, 11) is 0. The van der Waals surface area contributed by atoms with Gasteiger partial charge in [0.05, 0.1) is 0 Å². The lowest BCUT2D eigenvalue weighted by atomic mass is 9.86. The van der Waals surface area contributed by atoms with Crippen molar-refractivity contribution in [1.82, 2.24) is 5.32 Å². The summed E-state index contributed by atoms with van der Waals surface area (Å²) in [4.78, 5) is 0. The summed E-state index contributed by atoms with van der Waals surface area (Å²) in [6, 6.07) is 0. The van der Waals surface area contributed by atoms with Crippen molar-refractivity contribution in [3.05, 3.63) is 11.6 Å². The van der Waals surface area contributed by atoms with Gasteiger partial charge >= 0.3 is 0 Å². The van der Waals surface area contributed by atoms with Gasteiger partial charge in [-0.05, 0) is 69.4 Å². The maximum Gasteiger partial charge on any atom is -0.00116 e. The smallest absolute Gasteiger partial charge is 0.00116 e. The van der Waals surface area contributed by atoms with E-state index in [1.807, 2.05) is 0 Å². The first kappa shape index (κ1) is 9.89. The van der Waals surface area contributed by atoms with Crippen LogP contribution in [-0.4, -0.2) is 13.1 Å². The lowest BCUT2D eigenvalue weighted by molar-refractivity contribution is 0.392. The fourth-order valence-corrected chi connectivity index (χ4v) is 3.91. The fourth-order valence-electron chi connectivity index (χ4n) is 3.91. The minimum atomic E-state index is 0.969. The summed E-state index contributed by atoms with van der Waals surface area (Å²) < 4.78 is 0. The lowest BCUT2D eigenvalue weighted by Crippen LogP contribution is -2.13. The first-order valence-corrected chi connectivity index (χ1v) is 6.82. The van der Waals surface area contributed by atoms with Crippen LogP contribution in [0.25, 0.3) is 0 Å². The summed E-state index contributed by atoms with van der Waals surface area (Å²) in [5, 5.41) is 3.50. The third-order valence-electron chi connectivity index (χ3n) is 4.72. The normalized spacial score (nSPS) is 43.5. The third-order valence-corrected chi connectivity index (χ3v) is 4.72. The van der Waals surface area contributed by atoms with Crippen LogP contribution in [-0.2, 0) is 0 Å². The largest absolute Gasteiger partial charge is 0.316 e. The van der Waals surface area contributed by atoms with E-state index in [9.17, 15) is 0 Å². The molecule has 0 aromatic heterocycles. The minimum Gasteiger partial charge on any atom is -0.316 e. The molecule has 3 fully saturated rings. The minimum absolute atomic E-state index is 0.969.